The number of nitrogens with zero attached hydrogens (tertiary/aromatic N) is 2. The quantitative estimate of drug-likeness (QED) is 0.695. The molecule has 0 N–H and O–H groups in total. The molecule has 1 fully saturated rings. The number of rotatable bonds is 1. The van der Waals surface area contributed by atoms with Crippen molar-refractivity contribution in [3.8, 4) is 0 Å². The van der Waals surface area contributed by atoms with Gasteiger partial charge in [0.2, 0.25) is 0 Å². The molecule has 0 unspecified atom stereocenters. The van der Waals surface area contributed by atoms with Gasteiger partial charge in [0.05, 0.1) is 5.52 Å². The number of fused-ring (bicyclic) bond motifs is 1. The Labute approximate surface area is 105 Å². The first kappa shape index (κ1) is 13.8. The Morgan fingerprint density at radius 1 is 1.12 bits per heavy atom. The van der Waals surface area contributed by atoms with Crippen LogP contribution in [0.25, 0.3) is 10.9 Å². The second-order valence-electron chi connectivity index (χ2n) is 3.85. The Morgan fingerprint density at radius 2 is 1.76 bits per heavy atom. The van der Waals surface area contributed by atoms with Gasteiger partial charge in [-0.15, -0.1) is 0 Å². The van der Waals surface area contributed by atoms with Gasteiger partial charge in [-0.2, -0.15) is 0 Å². The molecular weight excluding hydrogens is 208 g/mol. The molecular formula is C15H24N2. The molecule has 0 amide bonds. The topological polar surface area (TPSA) is 17.8 Å². The second-order valence-corrected chi connectivity index (χ2v) is 3.85. The number of hydrogen-bond donors (Lipinski definition) is 0. The molecule has 1 aliphatic rings. The van der Waals surface area contributed by atoms with Crippen LogP contribution in [0, 0.1) is 6.92 Å². The van der Waals surface area contributed by atoms with Crippen LogP contribution in [-0.4, -0.2) is 9.55 Å². The van der Waals surface area contributed by atoms with Crippen molar-refractivity contribution >= 4 is 10.9 Å². The minimum Gasteiger partial charge on any atom is -0.344 e. The van der Waals surface area contributed by atoms with Crippen LogP contribution in [0.3, 0.4) is 0 Å². The minimum atomic E-state index is 0.763. The number of pyridine rings is 1. The normalized spacial score (nSPS) is 13.5. The van der Waals surface area contributed by atoms with Gasteiger partial charge in [0.1, 0.15) is 0 Å². The van der Waals surface area contributed by atoms with Crippen molar-refractivity contribution in [1.82, 2.24) is 9.55 Å². The summed E-state index contributed by atoms with van der Waals surface area (Å²) in [7, 11) is 0. The fourth-order valence-corrected chi connectivity index (χ4v) is 1.95. The number of aryl methyl sites for hydroxylation is 1. The van der Waals surface area contributed by atoms with E-state index in [4.69, 9.17) is 0 Å². The zero-order valence-electron chi connectivity index (χ0n) is 11.7. The van der Waals surface area contributed by atoms with Gasteiger partial charge in [-0.3, -0.25) is 4.98 Å². The van der Waals surface area contributed by atoms with E-state index in [0.29, 0.717) is 0 Å². The molecule has 1 aliphatic carbocycles. The first-order chi connectivity index (χ1) is 8.36. The zero-order chi connectivity index (χ0) is 12.8. The van der Waals surface area contributed by atoms with Crippen molar-refractivity contribution in [2.24, 2.45) is 0 Å². The predicted molar refractivity (Wildman–Crippen MR) is 75.4 cm³/mol. The lowest BCUT2D eigenvalue weighted by atomic mass is 10.2. The molecule has 17 heavy (non-hydrogen) atoms. The molecule has 0 radical (unpaired) electrons. The molecule has 0 aliphatic heterocycles. The van der Waals surface area contributed by atoms with Gasteiger partial charge >= 0.3 is 0 Å². The summed E-state index contributed by atoms with van der Waals surface area (Å²) in [5, 5.41) is 1.27. The largest absolute Gasteiger partial charge is 0.344 e. The van der Waals surface area contributed by atoms with Crippen LogP contribution in [0.2, 0.25) is 0 Å². The fourth-order valence-electron chi connectivity index (χ4n) is 1.95. The summed E-state index contributed by atoms with van der Waals surface area (Å²) in [6, 6.07) is 2.92. The van der Waals surface area contributed by atoms with Gasteiger partial charge in [-0.1, -0.05) is 27.7 Å². The lowest BCUT2D eigenvalue weighted by molar-refractivity contribution is 0.773. The summed E-state index contributed by atoms with van der Waals surface area (Å²) < 4.78 is 2.40. The van der Waals surface area contributed by atoms with E-state index >= 15 is 0 Å². The van der Waals surface area contributed by atoms with Crippen LogP contribution in [0.1, 0.15) is 52.1 Å². The van der Waals surface area contributed by atoms with Crippen LogP contribution in [0.4, 0.5) is 0 Å². The van der Waals surface area contributed by atoms with Crippen molar-refractivity contribution < 1.29 is 0 Å². The van der Waals surface area contributed by atoms with Gasteiger partial charge in [0.15, 0.2) is 0 Å². The number of aromatic nitrogens is 2. The Hall–Kier alpha value is -1.31. The van der Waals surface area contributed by atoms with Gasteiger partial charge < -0.3 is 4.57 Å². The van der Waals surface area contributed by atoms with Crippen LogP contribution >= 0.6 is 0 Å². The molecule has 2 aromatic heterocycles. The first-order valence-corrected chi connectivity index (χ1v) is 6.77. The van der Waals surface area contributed by atoms with Gasteiger partial charge in [-0.25, -0.2) is 0 Å². The van der Waals surface area contributed by atoms with E-state index in [0.717, 1.165) is 6.04 Å². The van der Waals surface area contributed by atoms with Crippen LogP contribution < -0.4 is 0 Å². The van der Waals surface area contributed by atoms with E-state index in [2.05, 4.69) is 28.7 Å². The highest BCUT2D eigenvalue weighted by molar-refractivity contribution is 5.82. The summed E-state index contributed by atoms with van der Waals surface area (Å²) in [5.74, 6) is 0. The van der Waals surface area contributed by atoms with Crippen molar-refractivity contribution in [2.45, 2.75) is 53.5 Å². The van der Waals surface area contributed by atoms with Crippen molar-refractivity contribution in [2.75, 3.05) is 0 Å². The SMILES string of the molecule is CC.CC.Cc1cncc2ccn(C3CC3)c12. The van der Waals surface area contributed by atoms with Gasteiger partial charge in [0, 0.05) is 30.0 Å². The third kappa shape index (κ3) is 2.87. The molecule has 2 nitrogen and oxygen atoms in total. The maximum atomic E-state index is 4.19. The highest BCUT2D eigenvalue weighted by Crippen LogP contribution is 2.38. The van der Waals surface area contributed by atoms with Crippen LogP contribution in [0.5, 0.6) is 0 Å². The fraction of sp³-hybridized carbons (Fsp3) is 0.533. The highest BCUT2D eigenvalue weighted by Gasteiger charge is 2.24. The molecule has 3 rings (SSSR count). The number of hydrogen-bond acceptors (Lipinski definition) is 1. The van der Waals surface area contributed by atoms with E-state index < -0.39 is 0 Å². The Kier molecular flexibility index (Phi) is 5.20. The summed E-state index contributed by atoms with van der Waals surface area (Å²) in [6.45, 7) is 10.1. The molecule has 0 saturated heterocycles. The smallest absolute Gasteiger partial charge is 0.0543 e. The average molecular weight is 232 g/mol. The molecule has 0 atom stereocenters. The highest BCUT2D eigenvalue weighted by atomic mass is 15.0. The molecule has 2 heteroatoms. The molecule has 0 spiro atoms. The minimum absolute atomic E-state index is 0.763. The molecule has 1 saturated carbocycles. The Morgan fingerprint density at radius 3 is 2.35 bits per heavy atom. The van der Waals surface area contributed by atoms with E-state index in [9.17, 15) is 0 Å². The van der Waals surface area contributed by atoms with Crippen molar-refractivity contribution in [3.05, 3.63) is 30.2 Å². The average Bonchev–Trinajstić information content (AvgIpc) is 3.15. The van der Waals surface area contributed by atoms with Crippen LogP contribution in [0.15, 0.2) is 24.7 Å². The first-order valence-electron chi connectivity index (χ1n) is 6.77. The summed E-state index contributed by atoms with van der Waals surface area (Å²) in [5.41, 5.74) is 2.66. The lowest BCUT2D eigenvalue weighted by Crippen LogP contribution is -1.92. The van der Waals surface area contributed by atoms with Crippen molar-refractivity contribution in [3.63, 3.8) is 0 Å². The van der Waals surface area contributed by atoms with Gasteiger partial charge in [-0.05, 0) is 31.4 Å². The lowest BCUT2D eigenvalue weighted by Gasteiger charge is -2.04. The maximum absolute atomic E-state index is 4.19. The summed E-state index contributed by atoms with van der Waals surface area (Å²) in [6.07, 6.45) is 8.76. The predicted octanol–water partition coefficient (Wildman–Crippen LogP) is 4.73. The molecule has 2 aromatic rings. The zero-order valence-corrected chi connectivity index (χ0v) is 11.7. The third-order valence-corrected chi connectivity index (χ3v) is 2.74. The van der Waals surface area contributed by atoms with E-state index in [1.165, 1.54) is 29.3 Å². The summed E-state index contributed by atoms with van der Waals surface area (Å²) >= 11 is 0. The molecule has 0 aromatic carbocycles. The van der Waals surface area contributed by atoms with Crippen LogP contribution in [-0.2, 0) is 0 Å². The Bertz CT molecular complexity index is 453. The monoisotopic (exact) mass is 232 g/mol. The maximum Gasteiger partial charge on any atom is 0.0543 e. The third-order valence-electron chi connectivity index (χ3n) is 2.74. The van der Waals surface area contributed by atoms with E-state index in [1.54, 1.807) is 0 Å². The van der Waals surface area contributed by atoms with Crippen molar-refractivity contribution in [1.29, 1.82) is 0 Å². The van der Waals surface area contributed by atoms with E-state index in [-0.39, 0.29) is 0 Å². The summed E-state index contributed by atoms with van der Waals surface area (Å²) in [4.78, 5) is 4.19. The Balaban J connectivity index is 0.000000330. The molecule has 0 bridgehead atoms. The second kappa shape index (κ2) is 6.43. The van der Waals surface area contributed by atoms with Gasteiger partial charge in [0.25, 0.3) is 0 Å². The standard InChI is InChI=1S/C11H12N2.2C2H6/c1-8-6-12-7-9-4-5-13(11(8)9)10-2-3-10;2*1-2/h4-7,10H,2-3H2,1H3;2*1-2H3. The van der Waals surface area contributed by atoms with E-state index in [1.807, 2.05) is 40.1 Å². The molecule has 94 valence electrons. The molecule has 2 heterocycles.